The molecule has 0 bridgehead atoms. The Hall–Kier alpha value is -7.57. The van der Waals surface area contributed by atoms with Crippen molar-refractivity contribution in [3.8, 4) is 39.5 Å². The summed E-state index contributed by atoms with van der Waals surface area (Å²) in [6.07, 6.45) is -2.07. The van der Waals surface area contributed by atoms with Crippen molar-refractivity contribution in [3.63, 3.8) is 0 Å². The van der Waals surface area contributed by atoms with E-state index in [0.29, 0.717) is 11.3 Å². The number of nitrogens with zero attached hydrogens (tertiary/aromatic N) is 4. The van der Waals surface area contributed by atoms with E-state index in [1.807, 2.05) is 107 Å². The van der Waals surface area contributed by atoms with Crippen molar-refractivity contribution in [3.05, 3.63) is 165 Å². The van der Waals surface area contributed by atoms with E-state index < -0.39 is 44.2 Å². The normalized spacial score (nSPS) is 13.1. The summed E-state index contributed by atoms with van der Waals surface area (Å²) >= 11 is 0. The first kappa shape index (κ1) is 52.3. The van der Waals surface area contributed by atoms with Crippen LogP contribution in [0.2, 0.25) is 0 Å². The molecule has 5 aromatic carbocycles. The van der Waals surface area contributed by atoms with Gasteiger partial charge in [-0.2, -0.15) is 26.3 Å². The molecule has 23 heteroatoms. The number of methoxy groups -OCH3 is 1. The average molecular weight is 1030 g/mol. The van der Waals surface area contributed by atoms with Gasteiger partial charge in [0, 0.05) is 32.0 Å². The highest BCUT2D eigenvalue weighted by molar-refractivity contribution is 7.88. The molecular formula is C49H51FN8O12S2. The van der Waals surface area contributed by atoms with Crippen molar-refractivity contribution in [2.24, 2.45) is 0 Å². The Balaban J connectivity index is 0.000000233. The van der Waals surface area contributed by atoms with Gasteiger partial charge in [0.05, 0.1) is 11.8 Å². The molecule has 1 unspecified atom stereocenters. The second kappa shape index (κ2) is 22.7. The fourth-order valence-electron chi connectivity index (χ4n) is 8.26. The zero-order chi connectivity index (χ0) is 50.3. The Labute approximate surface area is 414 Å². The number of hydrogen-bond acceptors (Lipinski definition) is 15. The number of benzene rings is 5. The molecule has 0 saturated carbocycles. The molecule has 0 spiro atoms. The molecule has 20 nitrogen and oxygen atoms in total. The number of aryl methyl sites for hydroxylation is 2. The molecule has 0 aliphatic heterocycles. The molecule has 0 saturated heterocycles. The Bertz CT molecular complexity index is 3270. The molecule has 7 aromatic rings. The topological polar surface area (TPSA) is 265 Å². The minimum atomic E-state index is -4.24. The Kier molecular flexibility index (Phi) is 16.5. The highest BCUT2D eigenvalue weighted by Gasteiger charge is 2.31. The van der Waals surface area contributed by atoms with Crippen LogP contribution in [0, 0.1) is 12.7 Å². The first-order chi connectivity index (χ1) is 34.1. The van der Waals surface area contributed by atoms with E-state index in [0.717, 1.165) is 49.1 Å². The first-order valence-electron chi connectivity index (χ1n) is 22.1. The molecule has 9 rings (SSSR count). The maximum absolute atomic E-state index is 13.8. The maximum Gasteiger partial charge on any atom is 0.446 e. The predicted molar refractivity (Wildman–Crippen MR) is 262 cm³/mol. The monoisotopic (exact) mass is 1030 g/mol. The number of aromatic nitrogens is 4. The number of carbonyl (C=O) groups is 2. The summed E-state index contributed by atoms with van der Waals surface area (Å²) in [6.45, 7) is 3.22. The summed E-state index contributed by atoms with van der Waals surface area (Å²) in [4.78, 5) is 36.7. The quantitative estimate of drug-likeness (QED) is 0.0695. The van der Waals surface area contributed by atoms with Gasteiger partial charge in [-0.1, -0.05) is 115 Å². The van der Waals surface area contributed by atoms with Crippen LogP contribution >= 0.6 is 0 Å². The number of carbonyl (C=O) groups excluding carboxylic acids is 2. The van der Waals surface area contributed by atoms with Crippen LogP contribution in [0.5, 0.6) is 0 Å². The van der Waals surface area contributed by atoms with E-state index in [-0.39, 0.29) is 81.7 Å². The summed E-state index contributed by atoms with van der Waals surface area (Å²) in [5, 5.41) is 11.4. The van der Waals surface area contributed by atoms with Crippen LogP contribution in [0.25, 0.3) is 39.5 Å². The largest absolute Gasteiger partial charge is 0.448 e. The molecule has 2 heterocycles. The van der Waals surface area contributed by atoms with Crippen LogP contribution in [0.4, 0.5) is 14.0 Å². The van der Waals surface area contributed by atoms with Crippen LogP contribution in [0.1, 0.15) is 66.1 Å². The number of hydrogen-bond donors (Lipinski definition) is 4. The van der Waals surface area contributed by atoms with Crippen molar-refractivity contribution < 1.29 is 54.2 Å². The highest BCUT2D eigenvalue weighted by Crippen LogP contribution is 2.45. The van der Waals surface area contributed by atoms with Crippen LogP contribution in [-0.2, 0) is 41.1 Å². The van der Waals surface area contributed by atoms with Crippen LogP contribution in [-0.4, -0.2) is 88.6 Å². The van der Waals surface area contributed by atoms with Gasteiger partial charge >= 0.3 is 38.4 Å². The van der Waals surface area contributed by atoms with Crippen LogP contribution in [0.3, 0.4) is 0 Å². The van der Waals surface area contributed by atoms with Gasteiger partial charge in [0.1, 0.15) is 24.7 Å². The van der Waals surface area contributed by atoms with Gasteiger partial charge in [-0.25, -0.2) is 37.4 Å². The third kappa shape index (κ3) is 11.9. The van der Waals surface area contributed by atoms with Gasteiger partial charge in [-0.15, -0.1) is 0 Å². The summed E-state index contributed by atoms with van der Waals surface area (Å²) < 4.78 is 96.9. The van der Waals surface area contributed by atoms with E-state index in [1.54, 1.807) is 13.8 Å². The number of fused-ring (bicyclic) bond motifs is 6. The molecule has 2 aliphatic carbocycles. The molecule has 72 heavy (non-hydrogen) atoms. The first-order valence-corrected chi connectivity index (χ1v) is 25.0. The second-order valence-electron chi connectivity index (χ2n) is 16.4. The van der Waals surface area contributed by atoms with Gasteiger partial charge in [-0.05, 0) is 100 Å². The Morgan fingerprint density at radius 1 is 0.722 bits per heavy atom. The molecule has 0 radical (unpaired) electrons. The predicted octanol–water partition coefficient (Wildman–Crippen LogP) is 6.66. The summed E-state index contributed by atoms with van der Waals surface area (Å²) in [7, 11) is -6.77. The average Bonchev–Trinajstić information content (AvgIpc) is 4.14. The van der Waals surface area contributed by atoms with Gasteiger partial charge in [0.15, 0.2) is 5.69 Å². The lowest BCUT2D eigenvalue weighted by molar-refractivity contribution is 0.121. The summed E-state index contributed by atoms with van der Waals surface area (Å²) in [6, 6.07) is 35.5. The smallest absolute Gasteiger partial charge is 0.446 e. The summed E-state index contributed by atoms with van der Waals surface area (Å²) in [5.74, 6) is -1.64. The fraction of sp³-hybridized carbons (Fsp3) is 0.265. The number of amides is 2. The molecule has 2 aromatic heterocycles. The molecule has 378 valence electrons. The third-order valence-corrected chi connectivity index (χ3v) is 13.7. The van der Waals surface area contributed by atoms with Crippen molar-refractivity contribution in [2.45, 2.75) is 52.1 Å². The van der Waals surface area contributed by atoms with Crippen LogP contribution in [0.15, 0.2) is 129 Å². The van der Waals surface area contributed by atoms with Crippen molar-refractivity contribution >= 4 is 32.6 Å². The molecule has 0 fully saturated rings. The molecule has 4 N–H and O–H groups in total. The van der Waals surface area contributed by atoms with Crippen molar-refractivity contribution in [1.82, 2.24) is 38.9 Å². The van der Waals surface area contributed by atoms with E-state index >= 15 is 0 Å². The van der Waals surface area contributed by atoms with Crippen molar-refractivity contribution in [2.75, 3.05) is 33.4 Å². The minimum Gasteiger partial charge on any atom is -0.448 e. The molecular weight excluding hydrogens is 976 g/mol. The van der Waals surface area contributed by atoms with Gasteiger partial charge < -0.3 is 14.2 Å². The van der Waals surface area contributed by atoms with E-state index in [4.69, 9.17) is 23.4 Å². The number of halogens is 1. The minimum absolute atomic E-state index is 0. The number of ether oxygens (including phenoxy) is 3. The third-order valence-electron chi connectivity index (χ3n) is 11.7. The number of nitrogens with one attached hydrogen (secondary N) is 4. The van der Waals surface area contributed by atoms with Gasteiger partial charge in [0.2, 0.25) is 5.82 Å². The lowest BCUT2D eigenvalue weighted by Gasteiger charge is -2.15. The zero-order valence-electron chi connectivity index (χ0n) is 38.3. The van der Waals surface area contributed by atoms with Gasteiger partial charge in [-0.3, -0.25) is 4.52 Å². The van der Waals surface area contributed by atoms with E-state index in [1.165, 1.54) is 25.3 Å². The Morgan fingerprint density at radius 2 is 1.21 bits per heavy atom. The number of rotatable bonds is 17. The maximum atomic E-state index is 13.8. The fourth-order valence-corrected chi connectivity index (χ4v) is 9.82. The second-order valence-corrected chi connectivity index (χ2v) is 19.4. The molecule has 2 amide bonds. The zero-order valence-corrected chi connectivity index (χ0v) is 40.0. The molecule has 2 aliphatic rings. The van der Waals surface area contributed by atoms with E-state index in [2.05, 4.69) is 24.9 Å². The lowest BCUT2D eigenvalue weighted by Crippen LogP contribution is -2.43. The van der Waals surface area contributed by atoms with Crippen LogP contribution < -0.4 is 24.6 Å². The van der Waals surface area contributed by atoms with E-state index in [9.17, 15) is 35.6 Å². The standard InChI is InChI=1S/C29H25FN6O7S.C19H22N2O5S.CH4/c1-17-15-18(12-13-24(17)30)36-27(34-42-29(36)38)26-25(32-43-33-26)11-6-14-31-44(39,40)35-28(37)41-16-23-21-9-4-2-7-19(21)20-8-3-5-10-22(20)23;1-13(25-2)11-20-27(23,24)21-19(22)26-12-18-16-9-5-3-7-14(16)15-8-4-6-10-17(15)18;/h2-5,7-10,12-13,15,23,31H,6,11,14,16H2,1H3,(H,35,37);3-10,13,18,20H,11-12H2,1-2H3,(H,21,22);1H4. The van der Waals surface area contributed by atoms with Gasteiger partial charge in [0.25, 0.3) is 0 Å². The summed E-state index contributed by atoms with van der Waals surface area (Å²) in [5.41, 5.74) is 9.39. The van der Waals surface area contributed by atoms with Crippen molar-refractivity contribution in [1.29, 1.82) is 0 Å². The highest BCUT2D eigenvalue weighted by atomic mass is 32.2. The SMILES string of the molecule is C.COC(C)CNS(=O)(=O)NC(=O)OCC1c2ccccc2-c2ccccc21.Cc1cc(-n2c(-c3nonc3CCCNS(=O)(=O)NC(=O)OCC3c4ccccc4-c4ccccc43)noc2=O)ccc1F. The lowest BCUT2D eigenvalue weighted by atomic mass is 9.98. The molecule has 1 atom stereocenters. The Morgan fingerprint density at radius 3 is 1.69 bits per heavy atom.